The van der Waals surface area contributed by atoms with Crippen LogP contribution >= 0.6 is 0 Å². The topological polar surface area (TPSA) is 94.2 Å². The molecule has 6 heteroatoms. The van der Waals surface area contributed by atoms with Crippen molar-refractivity contribution in [3.8, 4) is 5.69 Å². The summed E-state index contributed by atoms with van der Waals surface area (Å²) in [7, 11) is 0. The number of pyridine rings is 1. The molecule has 1 aromatic heterocycles. The fourth-order valence-electron chi connectivity index (χ4n) is 3.34. The van der Waals surface area contributed by atoms with Crippen molar-refractivity contribution in [2.24, 2.45) is 0 Å². The van der Waals surface area contributed by atoms with Crippen LogP contribution in [-0.2, 0) is 12.8 Å². The first kappa shape index (κ1) is 12.8. The van der Waals surface area contributed by atoms with Crippen LogP contribution in [0.15, 0.2) is 29.1 Å². The van der Waals surface area contributed by atoms with Gasteiger partial charge in [0.05, 0.1) is 16.8 Å². The molecule has 1 aromatic carbocycles. The van der Waals surface area contributed by atoms with E-state index in [9.17, 15) is 14.4 Å². The summed E-state index contributed by atoms with van der Waals surface area (Å²) in [5.41, 5.74) is 8.78. The molecule has 0 radical (unpaired) electrons. The zero-order valence-electron chi connectivity index (χ0n) is 11.7. The van der Waals surface area contributed by atoms with Gasteiger partial charge in [-0.3, -0.25) is 24.3 Å². The predicted molar refractivity (Wildman–Crippen MR) is 80.3 cm³/mol. The number of hydrogen-bond acceptors (Lipinski definition) is 4. The number of nitrogens with one attached hydrogen (secondary N) is 1. The lowest BCUT2D eigenvalue weighted by Gasteiger charge is -2.15. The first-order valence-corrected chi connectivity index (χ1v) is 7.10. The molecule has 0 spiro atoms. The Morgan fingerprint density at radius 1 is 1.09 bits per heavy atom. The van der Waals surface area contributed by atoms with Crippen molar-refractivity contribution < 1.29 is 9.59 Å². The highest BCUT2D eigenvalue weighted by atomic mass is 16.2. The number of carbonyl (C=O) groups excluding carboxylic acids is 2. The number of rotatable bonds is 1. The molecule has 0 atom stereocenters. The fraction of sp³-hybridized carbons (Fsp3) is 0.188. The summed E-state index contributed by atoms with van der Waals surface area (Å²) in [6.07, 6.45) is 2.88. The molecule has 110 valence electrons. The molecule has 0 unspecified atom stereocenters. The zero-order valence-corrected chi connectivity index (χ0v) is 11.7. The third-order valence-electron chi connectivity index (χ3n) is 4.32. The lowest BCUT2D eigenvalue weighted by molar-refractivity contribution is 0.0880. The number of amides is 2. The van der Waals surface area contributed by atoms with Gasteiger partial charge in [-0.25, -0.2) is 0 Å². The number of nitrogens with zero attached hydrogens (tertiary/aromatic N) is 1. The van der Waals surface area contributed by atoms with Gasteiger partial charge in [0.2, 0.25) is 0 Å². The monoisotopic (exact) mass is 295 g/mol. The molecule has 1 aliphatic carbocycles. The molecule has 22 heavy (non-hydrogen) atoms. The lowest BCUT2D eigenvalue weighted by atomic mass is 10.1. The van der Waals surface area contributed by atoms with Gasteiger partial charge in [0.1, 0.15) is 5.82 Å². The molecular formula is C16H13N3O3. The number of nitrogens with two attached hydrogens (primary N) is 1. The molecule has 2 amide bonds. The van der Waals surface area contributed by atoms with Gasteiger partial charge in [-0.2, -0.15) is 0 Å². The van der Waals surface area contributed by atoms with E-state index in [-0.39, 0.29) is 16.9 Å². The second kappa shape index (κ2) is 4.30. The quantitative estimate of drug-likeness (QED) is 0.761. The summed E-state index contributed by atoms with van der Waals surface area (Å²) in [6, 6.07) is 6.92. The Bertz CT molecular complexity index is 912. The summed E-state index contributed by atoms with van der Waals surface area (Å²) in [6.45, 7) is 0. The van der Waals surface area contributed by atoms with Crippen LogP contribution in [0.25, 0.3) is 5.69 Å². The normalized spacial score (nSPS) is 15.6. The minimum atomic E-state index is -0.575. The van der Waals surface area contributed by atoms with E-state index in [4.69, 9.17) is 5.73 Å². The molecule has 3 N–H and O–H groups in total. The lowest BCUT2D eigenvalue weighted by Crippen LogP contribution is -2.25. The van der Waals surface area contributed by atoms with Crippen molar-refractivity contribution in [3.63, 3.8) is 0 Å². The molecule has 2 aromatic rings. The van der Waals surface area contributed by atoms with Crippen LogP contribution < -0.4 is 16.6 Å². The molecule has 0 saturated heterocycles. The second-order valence-electron chi connectivity index (χ2n) is 5.54. The Morgan fingerprint density at radius 3 is 2.73 bits per heavy atom. The van der Waals surface area contributed by atoms with Crippen LogP contribution in [0.4, 0.5) is 5.82 Å². The first-order valence-electron chi connectivity index (χ1n) is 7.10. The minimum absolute atomic E-state index is 0.0196. The van der Waals surface area contributed by atoms with Crippen LogP contribution in [0.5, 0.6) is 0 Å². The average Bonchev–Trinajstić information content (AvgIpc) is 3.05. The van der Waals surface area contributed by atoms with Gasteiger partial charge in [-0.1, -0.05) is 12.1 Å². The summed E-state index contributed by atoms with van der Waals surface area (Å²) in [5.74, 6) is -1.11. The Kier molecular flexibility index (Phi) is 2.51. The molecule has 2 aliphatic rings. The Hall–Kier alpha value is -2.89. The maximum Gasteiger partial charge on any atom is 0.262 e. The van der Waals surface area contributed by atoms with Gasteiger partial charge in [-0.15, -0.1) is 0 Å². The van der Waals surface area contributed by atoms with Crippen LogP contribution in [0.3, 0.4) is 0 Å². The number of aromatic nitrogens is 1. The van der Waals surface area contributed by atoms with Gasteiger partial charge in [0.25, 0.3) is 17.4 Å². The first-order chi connectivity index (χ1) is 10.6. The Morgan fingerprint density at radius 2 is 1.91 bits per heavy atom. The molecule has 0 saturated carbocycles. The van der Waals surface area contributed by atoms with E-state index >= 15 is 0 Å². The van der Waals surface area contributed by atoms with Crippen molar-refractivity contribution in [1.29, 1.82) is 0 Å². The number of aryl methyl sites for hydroxylation is 1. The Labute approximate surface area is 125 Å². The zero-order chi connectivity index (χ0) is 15.4. The maximum atomic E-state index is 12.4. The number of benzene rings is 1. The highest BCUT2D eigenvalue weighted by Gasteiger charge is 2.32. The minimum Gasteiger partial charge on any atom is -0.384 e. The standard InChI is InChI=1S/C16H13N3O3/c17-14-13-10(15(21)18-16(13)22)7-12(20)19(14)11-6-2-4-8-3-1-5-9(8)11/h2,4,6-7H,1,3,5,17H2,(H,18,21,22). The van der Waals surface area contributed by atoms with Gasteiger partial charge >= 0.3 is 0 Å². The molecule has 4 rings (SSSR count). The highest BCUT2D eigenvalue weighted by molar-refractivity contribution is 6.23. The van der Waals surface area contributed by atoms with Crippen molar-refractivity contribution in [2.75, 3.05) is 5.73 Å². The van der Waals surface area contributed by atoms with E-state index in [0.717, 1.165) is 24.8 Å². The van der Waals surface area contributed by atoms with E-state index in [0.29, 0.717) is 5.69 Å². The third-order valence-corrected chi connectivity index (χ3v) is 4.32. The molecular weight excluding hydrogens is 282 g/mol. The third kappa shape index (κ3) is 1.57. The summed E-state index contributed by atoms with van der Waals surface area (Å²) in [5, 5.41) is 2.17. The van der Waals surface area contributed by atoms with Crippen molar-refractivity contribution >= 4 is 17.6 Å². The summed E-state index contributed by atoms with van der Waals surface area (Å²) < 4.78 is 1.33. The molecule has 0 bridgehead atoms. The number of imide groups is 1. The van der Waals surface area contributed by atoms with Gasteiger partial charge < -0.3 is 5.73 Å². The van der Waals surface area contributed by atoms with Crippen molar-refractivity contribution in [2.45, 2.75) is 19.3 Å². The van der Waals surface area contributed by atoms with E-state index in [2.05, 4.69) is 5.32 Å². The van der Waals surface area contributed by atoms with Crippen LogP contribution in [-0.4, -0.2) is 16.4 Å². The van der Waals surface area contributed by atoms with E-state index < -0.39 is 17.4 Å². The van der Waals surface area contributed by atoms with Crippen LogP contribution in [0.1, 0.15) is 38.3 Å². The molecule has 0 fully saturated rings. The number of carbonyl (C=O) groups is 2. The van der Waals surface area contributed by atoms with Gasteiger partial charge in [0.15, 0.2) is 0 Å². The number of nitrogen functional groups attached to an aromatic ring is 1. The Balaban J connectivity index is 2.05. The average molecular weight is 295 g/mol. The fourth-order valence-corrected chi connectivity index (χ4v) is 3.34. The smallest absolute Gasteiger partial charge is 0.262 e. The van der Waals surface area contributed by atoms with Gasteiger partial charge in [0, 0.05) is 6.07 Å². The maximum absolute atomic E-state index is 12.4. The van der Waals surface area contributed by atoms with Crippen molar-refractivity contribution in [1.82, 2.24) is 9.88 Å². The number of fused-ring (bicyclic) bond motifs is 2. The number of anilines is 1. The number of hydrogen-bond donors (Lipinski definition) is 2. The van der Waals surface area contributed by atoms with Crippen molar-refractivity contribution in [3.05, 3.63) is 56.9 Å². The predicted octanol–water partition coefficient (Wildman–Crippen LogP) is 0.792. The van der Waals surface area contributed by atoms with E-state index in [1.807, 2.05) is 18.2 Å². The van der Waals surface area contributed by atoms with E-state index in [1.54, 1.807) is 0 Å². The molecule has 6 nitrogen and oxygen atoms in total. The van der Waals surface area contributed by atoms with E-state index in [1.165, 1.54) is 16.2 Å². The molecule has 1 aliphatic heterocycles. The van der Waals surface area contributed by atoms with Crippen LogP contribution in [0.2, 0.25) is 0 Å². The summed E-state index contributed by atoms with van der Waals surface area (Å²) in [4.78, 5) is 36.0. The summed E-state index contributed by atoms with van der Waals surface area (Å²) >= 11 is 0. The SMILES string of the molecule is Nc1c2c(cc(=O)n1-c1cccc3c1CCC3)C(=O)NC2=O. The van der Waals surface area contributed by atoms with Gasteiger partial charge in [-0.05, 0) is 36.5 Å². The molecule has 2 heterocycles. The van der Waals surface area contributed by atoms with Crippen LogP contribution in [0, 0.1) is 0 Å². The largest absolute Gasteiger partial charge is 0.384 e. The second-order valence-corrected chi connectivity index (χ2v) is 5.54. The highest BCUT2D eigenvalue weighted by Crippen LogP contribution is 2.30.